The summed E-state index contributed by atoms with van der Waals surface area (Å²) in [5.41, 5.74) is 5.41. The van der Waals surface area contributed by atoms with Crippen LogP contribution in [0, 0.1) is 5.92 Å². The number of carbonyl (C=O) groups is 1. The lowest BCUT2D eigenvalue weighted by Gasteiger charge is -2.37. The maximum atomic E-state index is 11.2. The van der Waals surface area contributed by atoms with E-state index in [9.17, 15) is 4.79 Å². The number of piperazine rings is 1. The van der Waals surface area contributed by atoms with Gasteiger partial charge in [0.25, 0.3) is 0 Å². The Morgan fingerprint density at radius 3 is 2.55 bits per heavy atom. The minimum Gasteiger partial charge on any atom is -0.369 e. The second kappa shape index (κ2) is 11.0. The third-order valence-electron chi connectivity index (χ3n) is 5.94. The average Bonchev–Trinajstić information content (AvgIpc) is 2.77. The van der Waals surface area contributed by atoms with Crippen LogP contribution in [-0.4, -0.2) is 86.1 Å². The number of pyridine rings is 1. The Balaban J connectivity index is 1.30. The Labute approximate surface area is 174 Å². The van der Waals surface area contributed by atoms with E-state index in [0.717, 1.165) is 89.8 Å². The minimum absolute atomic E-state index is 0.0781. The Morgan fingerprint density at radius 1 is 1.17 bits per heavy atom. The number of amides is 1. The second-order valence-corrected chi connectivity index (χ2v) is 7.86. The highest BCUT2D eigenvalue weighted by Crippen LogP contribution is 2.17. The van der Waals surface area contributed by atoms with E-state index in [0.29, 0.717) is 0 Å². The zero-order valence-corrected chi connectivity index (χ0v) is 17.6. The summed E-state index contributed by atoms with van der Waals surface area (Å²) in [7, 11) is 1.86. The van der Waals surface area contributed by atoms with Gasteiger partial charge in [-0.2, -0.15) is 0 Å². The third kappa shape index (κ3) is 6.32. The number of primary amides is 1. The number of guanidine groups is 1. The first kappa shape index (κ1) is 21.4. The van der Waals surface area contributed by atoms with Gasteiger partial charge in [-0.3, -0.25) is 9.79 Å². The van der Waals surface area contributed by atoms with E-state index in [1.54, 1.807) is 0 Å². The van der Waals surface area contributed by atoms with Crippen LogP contribution in [0.3, 0.4) is 0 Å². The fraction of sp³-hybridized carbons (Fsp3) is 0.667. The molecule has 1 aromatic rings. The highest BCUT2D eigenvalue weighted by molar-refractivity contribution is 5.80. The largest absolute Gasteiger partial charge is 0.369 e. The number of hydrogen-bond donors (Lipinski definition) is 2. The molecule has 1 amide bonds. The zero-order valence-electron chi connectivity index (χ0n) is 17.6. The molecule has 160 valence electrons. The van der Waals surface area contributed by atoms with Crippen molar-refractivity contribution in [1.82, 2.24) is 20.1 Å². The van der Waals surface area contributed by atoms with Gasteiger partial charge in [-0.05, 0) is 57.5 Å². The smallest absolute Gasteiger partial charge is 0.220 e. The summed E-state index contributed by atoms with van der Waals surface area (Å²) < 4.78 is 0. The second-order valence-electron chi connectivity index (χ2n) is 7.86. The zero-order chi connectivity index (χ0) is 20.5. The van der Waals surface area contributed by atoms with Crippen molar-refractivity contribution in [2.45, 2.75) is 25.7 Å². The number of nitrogens with zero attached hydrogens (tertiary/aromatic N) is 5. The lowest BCUT2D eigenvalue weighted by atomic mass is 9.96. The van der Waals surface area contributed by atoms with Gasteiger partial charge in [0.1, 0.15) is 5.82 Å². The standard InChI is InChI=1S/C21H35N7O/c1-23-21(28-16-14-27(15-17-28)19-6-2-3-9-24-19)25-10-4-5-11-26-12-7-18(8-13-26)20(22)29/h2-3,6,9,18H,4-5,7-8,10-17H2,1H3,(H2,22,29)(H,23,25). The molecular formula is C21H35N7O. The van der Waals surface area contributed by atoms with Gasteiger partial charge < -0.3 is 25.8 Å². The summed E-state index contributed by atoms with van der Waals surface area (Å²) in [6.45, 7) is 7.82. The number of hydrogen-bond acceptors (Lipinski definition) is 5. The van der Waals surface area contributed by atoms with E-state index in [2.05, 4.69) is 36.1 Å². The van der Waals surface area contributed by atoms with Gasteiger partial charge in [0.15, 0.2) is 5.96 Å². The molecule has 3 N–H and O–H groups in total. The van der Waals surface area contributed by atoms with Crippen LogP contribution in [0.5, 0.6) is 0 Å². The Morgan fingerprint density at radius 2 is 1.93 bits per heavy atom. The number of aromatic nitrogens is 1. The molecule has 8 nitrogen and oxygen atoms in total. The summed E-state index contributed by atoms with van der Waals surface area (Å²) >= 11 is 0. The maximum Gasteiger partial charge on any atom is 0.220 e. The molecule has 0 unspecified atom stereocenters. The molecule has 2 aliphatic heterocycles. The fourth-order valence-electron chi connectivity index (χ4n) is 4.12. The number of anilines is 1. The van der Waals surface area contributed by atoms with Gasteiger partial charge in [0.2, 0.25) is 5.91 Å². The predicted molar refractivity (Wildman–Crippen MR) is 117 cm³/mol. The van der Waals surface area contributed by atoms with Crippen molar-refractivity contribution in [2.24, 2.45) is 16.6 Å². The van der Waals surface area contributed by atoms with Gasteiger partial charge in [0, 0.05) is 51.9 Å². The lowest BCUT2D eigenvalue weighted by Crippen LogP contribution is -2.52. The number of carbonyl (C=O) groups excluding carboxylic acids is 1. The van der Waals surface area contributed by atoms with Gasteiger partial charge in [0.05, 0.1) is 0 Å². The highest BCUT2D eigenvalue weighted by atomic mass is 16.1. The van der Waals surface area contributed by atoms with Gasteiger partial charge >= 0.3 is 0 Å². The molecule has 0 atom stereocenters. The molecule has 0 aromatic carbocycles. The van der Waals surface area contributed by atoms with E-state index < -0.39 is 0 Å². The molecule has 2 saturated heterocycles. The molecule has 0 radical (unpaired) electrons. The molecule has 2 fully saturated rings. The number of nitrogens with two attached hydrogens (primary N) is 1. The van der Waals surface area contributed by atoms with Crippen LogP contribution in [0.25, 0.3) is 0 Å². The van der Waals surface area contributed by atoms with Crippen LogP contribution >= 0.6 is 0 Å². The van der Waals surface area contributed by atoms with Gasteiger partial charge in [-0.1, -0.05) is 6.07 Å². The molecule has 3 rings (SSSR count). The molecule has 0 saturated carbocycles. The first-order chi connectivity index (χ1) is 14.2. The summed E-state index contributed by atoms with van der Waals surface area (Å²) in [4.78, 5) is 27.3. The van der Waals surface area contributed by atoms with Gasteiger partial charge in [-0.15, -0.1) is 0 Å². The van der Waals surface area contributed by atoms with E-state index in [1.165, 1.54) is 0 Å². The van der Waals surface area contributed by atoms with Crippen LogP contribution in [0.1, 0.15) is 25.7 Å². The fourth-order valence-corrected chi connectivity index (χ4v) is 4.12. The van der Waals surface area contributed by atoms with Crippen molar-refractivity contribution in [2.75, 3.05) is 64.3 Å². The van der Waals surface area contributed by atoms with Crippen LogP contribution in [0.4, 0.5) is 5.82 Å². The molecule has 0 bridgehead atoms. The topological polar surface area (TPSA) is 90.1 Å². The molecule has 0 aliphatic carbocycles. The quantitative estimate of drug-likeness (QED) is 0.398. The van der Waals surface area contributed by atoms with E-state index in [4.69, 9.17) is 5.73 Å². The van der Waals surface area contributed by atoms with Crippen LogP contribution in [-0.2, 0) is 4.79 Å². The van der Waals surface area contributed by atoms with E-state index in [1.807, 2.05) is 25.4 Å². The first-order valence-corrected chi connectivity index (χ1v) is 10.8. The van der Waals surface area contributed by atoms with Crippen molar-refractivity contribution < 1.29 is 4.79 Å². The number of unbranched alkanes of at least 4 members (excludes halogenated alkanes) is 1. The summed E-state index contributed by atoms with van der Waals surface area (Å²) in [6.07, 6.45) is 5.93. The van der Waals surface area contributed by atoms with Crippen molar-refractivity contribution in [3.8, 4) is 0 Å². The minimum atomic E-state index is -0.138. The van der Waals surface area contributed by atoms with Crippen LogP contribution in [0.15, 0.2) is 29.4 Å². The molecule has 1 aromatic heterocycles. The molecule has 29 heavy (non-hydrogen) atoms. The molecule has 0 spiro atoms. The number of aliphatic imine (C=N–C) groups is 1. The van der Waals surface area contributed by atoms with Crippen molar-refractivity contribution in [1.29, 1.82) is 0 Å². The highest BCUT2D eigenvalue weighted by Gasteiger charge is 2.23. The number of likely N-dealkylation sites (tertiary alicyclic amines) is 1. The normalized spacial score (nSPS) is 19.4. The number of piperidine rings is 1. The molecule has 2 aliphatic rings. The maximum absolute atomic E-state index is 11.2. The third-order valence-corrected chi connectivity index (χ3v) is 5.94. The SMILES string of the molecule is CN=C(NCCCCN1CCC(C(N)=O)CC1)N1CCN(c2ccccn2)CC1. The Bertz CT molecular complexity index is 650. The number of rotatable bonds is 7. The van der Waals surface area contributed by atoms with E-state index in [-0.39, 0.29) is 11.8 Å². The van der Waals surface area contributed by atoms with Crippen molar-refractivity contribution in [3.05, 3.63) is 24.4 Å². The van der Waals surface area contributed by atoms with Gasteiger partial charge in [-0.25, -0.2) is 4.98 Å². The summed E-state index contributed by atoms with van der Waals surface area (Å²) in [5.74, 6) is 1.98. The lowest BCUT2D eigenvalue weighted by molar-refractivity contribution is -0.123. The van der Waals surface area contributed by atoms with E-state index >= 15 is 0 Å². The summed E-state index contributed by atoms with van der Waals surface area (Å²) in [5, 5.41) is 3.52. The Hall–Kier alpha value is -2.35. The van der Waals surface area contributed by atoms with Crippen molar-refractivity contribution in [3.63, 3.8) is 0 Å². The average molecular weight is 402 g/mol. The predicted octanol–water partition coefficient (Wildman–Crippen LogP) is 0.757. The Kier molecular flexibility index (Phi) is 8.10. The molecule has 8 heteroatoms. The molecular weight excluding hydrogens is 366 g/mol. The first-order valence-electron chi connectivity index (χ1n) is 10.8. The molecule has 3 heterocycles. The summed E-state index contributed by atoms with van der Waals surface area (Å²) in [6, 6.07) is 6.06. The van der Waals surface area contributed by atoms with Crippen molar-refractivity contribution >= 4 is 17.7 Å². The monoisotopic (exact) mass is 401 g/mol. The number of nitrogens with one attached hydrogen (secondary N) is 1. The van der Waals surface area contributed by atoms with Crippen LogP contribution < -0.4 is 16.0 Å². The van der Waals surface area contributed by atoms with Crippen LogP contribution in [0.2, 0.25) is 0 Å².